The third-order valence-corrected chi connectivity index (χ3v) is 3.54. The lowest BCUT2D eigenvalue weighted by molar-refractivity contribution is -0.138. The summed E-state index contributed by atoms with van der Waals surface area (Å²) in [4.78, 5) is 21.2. The number of hydrogen-bond acceptors (Lipinski definition) is 3. The van der Waals surface area contributed by atoms with E-state index in [1.54, 1.807) is 0 Å². The van der Waals surface area contributed by atoms with Gasteiger partial charge in [-0.15, -0.1) is 0 Å². The Bertz CT molecular complexity index is 520. The molecule has 1 atom stereocenters. The molecule has 132 valence electrons. The van der Waals surface area contributed by atoms with Crippen molar-refractivity contribution in [3.8, 4) is 0 Å². The molecule has 0 saturated carbocycles. The van der Waals surface area contributed by atoms with E-state index in [0.29, 0.717) is 18.1 Å². The molecule has 0 radical (unpaired) electrons. The predicted molar refractivity (Wildman–Crippen MR) is 97.6 cm³/mol. The molecule has 0 fully saturated rings. The van der Waals surface area contributed by atoms with Crippen LogP contribution in [0.25, 0.3) is 5.57 Å². The van der Waals surface area contributed by atoms with E-state index in [4.69, 9.17) is 9.84 Å². The van der Waals surface area contributed by atoms with Crippen LogP contribution in [0.2, 0.25) is 0 Å². The first kappa shape index (κ1) is 21.6. The fraction of sp³-hybridized carbons (Fsp3) is 0.400. The predicted octanol–water partition coefficient (Wildman–Crippen LogP) is 4.72. The molecule has 0 aliphatic rings. The molecule has 1 rings (SSSR count). The summed E-state index contributed by atoms with van der Waals surface area (Å²) in [5, 5.41) is 7.60. The Morgan fingerprint density at radius 3 is 2.29 bits per heavy atom. The normalized spacial score (nSPS) is 10.8. The molecule has 0 amide bonds. The zero-order chi connectivity index (χ0) is 18.4. The Morgan fingerprint density at radius 1 is 1.25 bits per heavy atom. The van der Waals surface area contributed by atoms with Gasteiger partial charge in [0.1, 0.15) is 0 Å². The molecule has 4 nitrogen and oxygen atoms in total. The lowest BCUT2D eigenvalue weighted by Crippen LogP contribution is -2.14. The van der Waals surface area contributed by atoms with Gasteiger partial charge in [-0.1, -0.05) is 76.6 Å². The Kier molecular flexibility index (Phi) is 11.8. The van der Waals surface area contributed by atoms with Crippen molar-refractivity contribution >= 4 is 17.5 Å². The van der Waals surface area contributed by atoms with Gasteiger partial charge in [-0.05, 0) is 17.9 Å². The van der Waals surface area contributed by atoms with Gasteiger partial charge in [0.2, 0.25) is 0 Å². The van der Waals surface area contributed by atoms with Crippen molar-refractivity contribution in [1.29, 1.82) is 0 Å². The zero-order valence-corrected chi connectivity index (χ0v) is 14.7. The van der Waals surface area contributed by atoms with Crippen LogP contribution in [0.3, 0.4) is 0 Å². The number of ether oxygens (including phenoxy) is 1. The summed E-state index contributed by atoms with van der Waals surface area (Å²) >= 11 is 0. The van der Waals surface area contributed by atoms with Crippen LogP contribution >= 0.6 is 0 Å². The minimum atomic E-state index is -0.981. The number of carboxylic acid groups (broad SMARTS) is 1. The lowest BCUT2D eigenvalue weighted by Gasteiger charge is -2.15. The molecule has 24 heavy (non-hydrogen) atoms. The summed E-state index contributed by atoms with van der Waals surface area (Å²) in [6.07, 6.45) is 5.38. The average molecular weight is 332 g/mol. The number of carboxylic acids is 1. The Hall–Kier alpha value is -2.36. The lowest BCUT2D eigenvalue weighted by atomic mass is 10.0. The van der Waals surface area contributed by atoms with Crippen molar-refractivity contribution in [2.75, 3.05) is 6.61 Å². The van der Waals surface area contributed by atoms with Gasteiger partial charge < -0.3 is 9.84 Å². The van der Waals surface area contributed by atoms with Crippen molar-refractivity contribution in [1.82, 2.24) is 0 Å². The van der Waals surface area contributed by atoms with E-state index in [0.717, 1.165) is 24.5 Å². The van der Waals surface area contributed by atoms with Gasteiger partial charge >= 0.3 is 11.9 Å². The number of hydrogen-bond donors (Lipinski definition) is 1. The van der Waals surface area contributed by atoms with Crippen LogP contribution in [0.4, 0.5) is 0 Å². The van der Waals surface area contributed by atoms with Gasteiger partial charge in [0.25, 0.3) is 0 Å². The Morgan fingerprint density at radius 2 is 1.83 bits per heavy atom. The summed E-state index contributed by atoms with van der Waals surface area (Å²) in [7, 11) is 0. The Balaban J connectivity index is 0.000000922. The number of esters is 1. The number of carbonyl (C=O) groups is 2. The number of carbonyl (C=O) groups excluding carboxylic acids is 1. The Labute approximate surface area is 144 Å². The molecule has 0 aliphatic heterocycles. The molecule has 0 heterocycles. The second-order valence-electron chi connectivity index (χ2n) is 5.40. The molecule has 1 aromatic carbocycles. The molecule has 0 saturated heterocycles. The van der Waals surface area contributed by atoms with E-state index < -0.39 is 5.97 Å². The summed E-state index contributed by atoms with van der Waals surface area (Å²) in [6, 6.07) is 9.45. The van der Waals surface area contributed by atoms with E-state index in [1.807, 2.05) is 30.3 Å². The molecular formula is C20H28O4. The first-order valence-electron chi connectivity index (χ1n) is 8.22. The van der Waals surface area contributed by atoms with Crippen LogP contribution in [-0.2, 0) is 14.3 Å². The fourth-order valence-corrected chi connectivity index (χ4v) is 1.94. The van der Waals surface area contributed by atoms with Crippen LogP contribution in [0.1, 0.15) is 45.1 Å². The zero-order valence-electron chi connectivity index (χ0n) is 14.7. The van der Waals surface area contributed by atoms with Crippen molar-refractivity contribution in [3.63, 3.8) is 0 Å². The summed E-state index contributed by atoms with van der Waals surface area (Å²) < 4.78 is 5.37. The highest BCUT2D eigenvalue weighted by Gasteiger charge is 2.13. The molecule has 4 heteroatoms. The van der Waals surface area contributed by atoms with Gasteiger partial charge in [0.05, 0.1) is 12.2 Å². The number of rotatable bonds is 9. The van der Waals surface area contributed by atoms with Crippen LogP contribution < -0.4 is 0 Å². The first-order valence-corrected chi connectivity index (χ1v) is 8.22. The molecule has 0 bridgehead atoms. The van der Waals surface area contributed by atoms with Gasteiger partial charge in [0, 0.05) is 6.08 Å². The third kappa shape index (κ3) is 9.62. The smallest absolute Gasteiger partial charge is 0.338 e. The van der Waals surface area contributed by atoms with Gasteiger partial charge in [-0.25, -0.2) is 9.59 Å². The minimum Gasteiger partial charge on any atom is -0.478 e. The topological polar surface area (TPSA) is 63.6 Å². The highest BCUT2D eigenvalue weighted by atomic mass is 16.5. The maximum Gasteiger partial charge on any atom is 0.338 e. The van der Waals surface area contributed by atoms with Crippen LogP contribution in [-0.4, -0.2) is 23.7 Å². The number of aliphatic carboxylic acids is 1. The molecular weight excluding hydrogens is 304 g/mol. The second kappa shape index (κ2) is 13.1. The van der Waals surface area contributed by atoms with Crippen LogP contribution in [0, 0.1) is 5.92 Å². The number of unbranched alkanes of at least 4 members (excludes halogenated alkanes) is 1. The first-order chi connectivity index (χ1) is 11.5. The van der Waals surface area contributed by atoms with Crippen molar-refractivity contribution in [2.45, 2.75) is 39.5 Å². The highest BCUT2D eigenvalue weighted by Crippen LogP contribution is 2.16. The SMILES string of the molecule is C=C(C(=O)OCC(CC)CCCC)c1ccccc1.C=CC(=O)O. The van der Waals surface area contributed by atoms with Gasteiger partial charge in [0.15, 0.2) is 0 Å². The molecule has 1 unspecified atom stereocenters. The molecule has 0 aliphatic carbocycles. The van der Waals surface area contributed by atoms with Gasteiger partial charge in [-0.2, -0.15) is 0 Å². The maximum absolute atomic E-state index is 11.9. The summed E-state index contributed by atoms with van der Waals surface area (Å²) in [6.45, 7) is 11.6. The van der Waals surface area contributed by atoms with Gasteiger partial charge in [-0.3, -0.25) is 0 Å². The number of benzene rings is 1. The van der Waals surface area contributed by atoms with E-state index >= 15 is 0 Å². The summed E-state index contributed by atoms with van der Waals surface area (Å²) in [5.74, 6) is -0.821. The van der Waals surface area contributed by atoms with E-state index in [9.17, 15) is 9.59 Å². The van der Waals surface area contributed by atoms with E-state index in [2.05, 4.69) is 27.0 Å². The fourth-order valence-electron chi connectivity index (χ4n) is 1.94. The summed E-state index contributed by atoms with van der Waals surface area (Å²) in [5.41, 5.74) is 1.26. The van der Waals surface area contributed by atoms with E-state index in [-0.39, 0.29) is 5.97 Å². The molecule has 0 aromatic heterocycles. The highest BCUT2D eigenvalue weighted by molar-refractivity contribution is 6.15. The van der Waals surface area contributed by atoms with Crippen LogP contribution in [0.5, 0.6) is 0 Å². The molecule has 1 aromatic rings. The minimum absolute atomic E-state index is 0.304. The van der Waals surface area contributed by atoms with Crippen LogP contribution in [0.15, 0.2) is 49.6 Å². The quantitative estimate of drug-likeness (QED) is 0.525. The van der Waals surface area contributed by atoms with Crippen molar-refractivity contribution in [2.24, 2.45) is 5.92 Å². The standard InChI is InChI=1S/C17H24O2.C3H4O2/c1-4-6-10-15(5-2)13-19-17(18)14(3)16-11-8-7-9-12-16;1-2-3(4)5/h7-9,11-12,15H,3-6,10,13H2,1-2H3;2H,1H2,(H,4,5). The largest absolute Gasteiger partial charge is 0.478 e. The average Bonchev–Trinajstić information content (AvgIpc) is 2.62. The van der Waals surface area contributed by atoms with Crippen molar-refractivity contribution in [3.05, 3.63) is 55.1 Å². The monoisotopic (exact) mass is 332 g/mol. The maximum atomic E-state index is 11.9. The second-order valence-corrected chi connectivity index (χ2v) is 5.40. The molecule has 0 spiro atoms. The molecule has 1 N–H and O–H groups in total. The van der Waals surface area contributed by atoms with Crippen molar-refractivity contribution < 1.29 is 19.4 Å². The van der Waals surface area contributed by atoms with E-state index in [1.165, 1.54) is 12.8 Å². The third-order valence-electron chi connectivity index (χ3n) is 3.54.